The van der Waals surface area contributed by atoms with Crippen LogP contribution >= 0.6 is 0 Å². The summed E-state index contributed by atoms with van der Waals surface area (Å²) in [6.45, 7) is 7.29. The average Bonchev–Trinajstić information content (AvgIpc) is 2.53. The molecule has 0 bridgehead atoms. The van der Waals surface area contributed by atoms with Gasteiger partial charge in [0.2, 0.25) is 5.91 Å². The molecule has 2 rings (SSSR count). The fraction of sp³-hybridized carbons (Fsp3) is 0.389. The third-order valence-electron chi connectivity index (χ3n) is 3.89. The molecule has 1 unspecified atom stereocenters. The molecule has 1 amide bonds. The zero-order chi connectivity index (χ0) is 15.2. The fourth-order valence-electron chi connectivity index (χ4n) is 2.43. The summed E-state index contributed by atoms with van der Waals surface area (Å²) in [4.78, 5) is 14.4. The molecule has 0 radical (unpaired) electrons. The summed E-state index contributed by atoms with van der Waals surface area (Å²) in [6, 6.07) is 14.7. The Morgan fingerprint density at radius 2 is 1.86 bits per heavy atom. The van der Waals surface area contributed by atoms with Crippen LogP contribution in [0.2, 0.25) is 0 Å². The first-order valence-corrected chi connectivity index (χ1v) is 7.68. The maximum absolute atomic E-state index is 12.5. The zero-order valence-electron chi connectivity index (χ0n) is 13.1. The Morgan fingerprint density at radius 1 is 1.14 bits per heavy atom. The van der Waals surface area contributed by atoms with Crippen molar-refractivity contribution in [2.24, 2.45) is 0 Å². The Hall–Kier alpha value is -1.87. The van der Waals surface area contributed by atoms with Crippen molar-refractivity contribution in [3.63, 3.8) is 0 Å². The molecule has 3 heteroatoms. The van der Waals surface area contributed by atoms with Gasteiger partial charge in [0.25, 0.3) is 0 Å². The van der Waals surface area contributed by atoms with Crippen molar-refractivity contribution >= 4 is 22.4 Å². The molecule has 2 aromatic rings. The summed E-state index contributed by atoms with van der Waals surface area (Å²) in [5.74, 6) is 0.120. The molecule has 0 saturated heterocycles. The molecule has 112 valence electrons. The number of rotatable bonds is 6. The van der Waals surface area contributed by atoms with E-state index in [1.165, 1.54) is 0 Å². The highest BCUT2D eigenvalue weighted by molar-refractivity contribution is 6.04. The first-order valence-electron chi connectivity index (χ1n) is 7.68. The number of hydrogen-bond donors (Lipinski definition) is 1. The Morgan fingerprint density at radius 3 is 2.57 bits per heavy atom. The normalized spacial score (nSPS) is 12.3. The van der Waals surface area contributed by atoms with Crippen LogP contribution < -0.4 is 10.2 Å². The first-order chi connectivity index (χ1) is 10.2. The Bertz CT molecular complexity index is 604. The third kappa shape index (κ3) is 3.61. The highest BCUT2D eigenvalue weighted by Gasteiger charge is 2.16. The average molecular weight is 284 g/mol. The lowest BCUT2D eigenvalue weighted by Gasteiger charge is -2.24. The number of carbonyl (C=O) groups is 1. The van der Waals surface area contributed by atoms with E-state index in [1.54, 1.807) is 0 Å². The maximum atomic E-state index is 12.5. The van der Waals surface area contributed by atoms with E-state index < -0.39 is 0 Å². The highest BCUT2D eigenvalue weighted by atomic mass is 16.2. The van der Waals surface area contributed by atoms with Gasteiger partial charge in [-0.25, -0.2) is 0 Å². The van der Waals surface area contributed by atoms with Gasteiger partial charge in [-0.1, -0.05) is 43.3 Å². The van der Waals surface area contributed by atoms with Gasteiger partial charge in [-0.3, -0.25) is 4.79 Å². The lowest BCUT2D eigenvalue weighted by atomic mass is 10.1. The van der Waals surface area contributed by atoms with Crippen molar-refractivity contribution in [3.05, 3.63) is 42.5 Å². The molecule has 0 spiro atoms. The van der Waals surface area contributed by atoms with E-state index in [1.807, 2.05) is 36.1 Å². The number of carbonyl (C=O) groups excluding carboxylic acids is 1. The lowest BCUT2D eigenvalue weighted by Crippen LogP contribution is -2.40. The quantitative estimate of drug-likeness (QED) is 0.879. The second kappa shape index (κ2) is 7.23. The van der Waals surface area contributed by atoms with Gasteiger partial charge in [0.05, 0.1) is 12.2 Å². The van der Waals surface area contributed by atoms with Crippen LogP contribution in [0.1, 0.15) is 27.2 Å². The minimum atomic E-state index is 0.120. The van der Waals surface area contributed by atoms with Crippen LogP contribution in [-0.4, -0.2) is 25.0 Å². The van der Waals surface area contributed by atoms with E-state index in [2.05, 4.69) is 37.4 Å². The molecule has 0 fully saturated rings. The molecule has 0 saturated carbocycles. The molecule has 2 aromatic carbocycles. The molecule has 1 N–H and O–H groups in total. The molecular weight excluding hydrogens is 260 g/mol. The molecule has 1 atom stereocenters. The standard InChI is InChI=1S/C18H24N2O/c1-4-14(3)19-13-18(21)20(5-2)17-12-8-10-15-9-6-7-11-16(15)17/h6-12,14,19H,4-5,13H2,1-3H3. The largest absolute Gasteiger partial charge is 0.311 e. The van der Waals surface area contributed by atoms with Gasteiger partial charge < -0.3 is 10.2 Å². The van der Waals surface area contributed by atoms with Gasteiger partial charge >= 0.3 is 0 Å². The zero-order valence-corrected chi connectivity index (χ0v) is 13.1. The monoisotopic (exact) mass is 284 g/mol. The van der Waals surface area contributed by atoms with E-state index in [0.29, 0.717) is 19.1 Å². The molecule has 0 aromatic heterocycles. The molecule has 0 aliphatic carbocycles. The van der Waals surface area contributed by atoms with Crippen LogP contribution in [0.4, 0.5) is 5.69 Å². The topological polar surface area (TPSA) is 32.3 Å². The van der Waals surface area contributed by atoms with Crippen LogP contribution in [0.25, 0.3) is 10.8 Å². The van der Waals surface area contributed by atoms with Crippen LogP contribution in [0, 0.1) is 0 Å². The third-order valence-corrected chi connectivity index (χ3v) is 3.89. The summed E-state index contributed by atoms with van der Waals surface area (Å²) in [7, 11) is 0. The molecular formula is C18H24N2O. The molecule has 0 heterocycles. The number of fused-ring (bicyclic) bond motifs is 1. The minimum absolute atomic E-state index is 0.120. The van der Waals surface area contributed by atoms with Gasteiger partial charge in [0, 0.05) is 18.0 Å². The fourth-order valence-corrected chi connectivity index (χ4v) is 2.43. The molecule has 3 nitrogen and oxygen atoms in total. The highest BCUT2D eigenvalue weighted by Crippen LogP contribution is 2.26. The van der Waals surface area contributed by atoms with Gasteiger partial charge in [0.15, 0.2) is 0 Å². The number of hydrogen-bond acceptors (Lipinski definition) is 2. The van der Waals surface area contributed by atoms with Crippen molar-refractivity contribution in [1.82, 2.24) is 5.32 Å². The van der Waals surface area contributed by atoms with Crippen molar-refractivity contribution in [3.8, 4) is 0 Å². The smallest absolute Gasteiger partial charge is 0.240 e. The second-order valence-corrected chi connectivity index (χ2v) is 5.33. The SMILES string of the molecule is CCC(C)NCC(=O)N(CC)c1cccc2ccccc12. The second-order valence-electron chi connectivity index (χ2n) is 5.33. The first kappa shape index (κ1) is 15.5. The van der Waals surface area contributed by atoms with Crippen molar-refractivity contribution < 1.29 is 4.79 Å². The van der Waals surface area contributed by atoms with E-state index in [0.717, 1.165) is 22.9 Å². The lowest BCUT2D eigenvalue weighted by molar-refractivity contribution is -0.117. The number of likely N-dealkylation sites (N-methyl/N-ethyl adjacent to an activating group) is 1. The Balaban J connectivity index is 2.25. The van der Waals surface area contributed by atoms with E-state index in [9.17, 15) is 4.79 Å². The van der Waals surface area contributed by atoms with Crippen LogP contribution in [0.5, 0.6) is 0 Å². The van der Waals surface area contributed by atoms with Gasteiger partial charge in [-0.15, -0.1) is 0 Å². The summed E-state index contributed by atoms with van der Waals surface area (Å²) < 4.78 is 0. The summed E-state index contributed by atoms with van der Waals surface area (Å²) in [6.07, 6.45) is 1.02. The minimum Gasteiger partial charge on any atom is -0.311 e. The number of nitrogens with one attached hydrogen (secondary N) is 1. The molecule has 0 aliphatic rings. The van der Waals surface area contributed by atoms with Crippen molar-refractivity contribution in [1.29, 1.82) is 0 Å². The number of amides is 1. The Labute approximate surface area is 127 Å². The van der Waals surface area contributed by atoms with E-state index >= 15 is 0 Å². The van der Waals surface area contributed by atoms with Crippen LogP contribution in [-0.2, 0) is 4.79 Å². The number of nitrogens with zero attached hydrogens (tertiary/aromatic N) is 1. The van der Waals surface area contributed by atoms with Crippen molar-refractivity contribution in [2.45, 2.75) is 33.2 Å². The number of benzene rings is 2. The summed E-state index contributed by atoms with van der Waals surface area (Å²) >= 11 is 0. The predicted molar refractivity (Wildman–Crippen MR) is 89.7 cm³/mol. The van der Waals surface area contributed by atoms with Gasteiger partial charge in [0.1, 0.15) is 0 Å². The summed E-state index contributed by atoms with van der Waals surface area (Å²) in [5, 5.41) is 5.56. The van der Waals surface area contributed by atoms with E-state index in [-0.39, 0.29) is 5.91 Å². The molecule has 0 aliphatic heterocycles. The van der Waals surface area contributed by atoms with Gasteiger partial charge in [-0.05, 0) is 31.7 Å². The maximum Gasteiger partial charge on any atom is 0.240 e. The van der Waals surface area contributed by atoms with E-state index in [4.69, 9.17) is 0 Å². The Kier molecular flexibility index (Phi) is 5.34. The molecule has 21 heavy (non-hydrogen) atoms. The summed E-state index contributed by atoms with van der Waals surface area (Å²) in [5.41, 5.74) is 0.992. The predicted octanol–water partition coefficient (Wildman–Crippen LogP) is 3.58. The number of anilines is 1. The van der Waals surface area contributed by atoms with Crippen molar-refractivity contribution in [2.75, 3.05) is 18.0 Å². The van der Waals surface area contributed by atoms with Crippen LogP contribution in [0.3, 0.4) is 0 Å². The van der Waals surface area contributed by atoms with Crippen LogP contribution in [0.15, 0.2) is 42.5 Å². The van der Waals surface area contributed by atoms with Gasteiger partial charge in [-0.2, -0.15) is 0 Å².